The maximum absolute atomic E-state index is 6.98. The summed E-state index contributed by atoms with van der Waals surface area (Å²) in [5.74, 6) is 0.940. The van der Waals surface area contributed by atoms with E-state index in [4.69, 9.17) is 4.42 Å². The van der Waals surface area contributed by atoms with Crippen LogP contribution in [0, 0.1) is 0 Å². The van der Waals surface area contributed by atoms with Crippen molar-refractivity contribution < 1.29 is 4.42 Å². The molecule has 62 heavy (non-hydrogen) atoms. The van der Waals surface area contributed by atoms with Gasteiger partial charge in [-0.15, -0.1) is 0 Å². The zero-order valence-corrected chi connectivity index (χ0v) is 34.7. The first-order valence-corrected chi connectivity index (χ1v) is 21.6. The largest absolute Gasteiger partial charge is 0.456 e. The van der Waals surface area contributed by atoms with E-state index >= 15 is 0 Å². The summed E-state index contributed by atoms with van der Waals surface area (Å²) in [6.45, 7) is 4.68. The molecule has 0 aliphatic heterocycles. The fourth-order valence-electron chi connectivity index (χ4n) is 10.7. The van der Waals surface area contributed by atoms with E-state index in [9.17, 15) is 0 Å². The SMILES string of the molecule is CC1(C)c2ccccc2-c2cc(N(c3ccc(-c4ccccc4)cc3)c3ccc(-c4cccc5c4-c4oc6ccccc6c4C5(c4ccccc4)c4ccccc4)cc3)ccc21. The Morgan fingerprint density at radius 3 is 1.60 bits per heavy atom. The van der Waals surface area contributed by atoms with Crippen LogP contribution in [0.15, 0.2) is 229 Å². The van der Waals surface area contributed by atoms with Crippen LogP contribution in [0.25, 0.3) is 55.7 Å². The molecular formula is C60H43NO. The van der Waals surface area contributed by atoms with Gasteiger partial charge in [0.15, 0.2) is 0 Å². The van der Waals surface area contributed by atoms with Crippen molar-refractivity contribution in [2.45, 2.75) is 24.7 Å². The third-order valence-corrected chi connectivity index (χ3v) is 13.6. The van der Waals surface area contributed by atoms with Gasteiger partial charge in [-0.2, -0.15) is 0 Å². The summed E-state index contributed by atoms with van der Waals surface area (Å²) < 4.78 is 6.98. The standard InChI is InChI=1S/C60H43NO/c1-59(2)52-26-14-12-23-49(52)51-39-47(37-38-53(51)59)61(45-33-29-41(30-34-45)40-17-6-3-7-18-40)46-35-31-42(32-36-46)48-25-16-27-54-56(48)58-57(50-24-13-15-28-55(50)62-58)60(54,43-19-8-4-9-20-43)44-21-10-5-11-22-44/h3-39H,1-2H3. The van der Waals surface area contributed by atoms with Gasteiger partial charge in [-0.3, -0.25) is 0 Å². The molecule has 10 aromatic rings. The summed E-state index contributed by atoms with van der Waals surface area (Å²) in [6.07, 6.45) is 0. The van der Waals surface area contributed by atoms with Crippen LogP contribution in [0.1, 0.15) is 47.2 Å². The molecule has 0 fully saturated rings. The highest BCUT2D eigenvalue weighted by Crippen LogP contribution is 2.61. The predicted octanol–water partition coefficient (Wildman–Crippen LogP) is 15.9. The lowest BCUT2D eigenvalue weighted by molar-refractivity contribution is 0.628. The number of hydrogen-bond acceptors (Lipinski definition) is 2. The molecular weight excluding hydrogens is 751 g/mol. The molecule has 2 aliphatic carbocycles. The van der Waals surface area contributed by atoms with Gasteiger partial charge in [0.1, 0.15) is 11.3 Å². The Kier molecular flexibility index (Phi) is 8.14. The number of rotatable bonds is 7. The van der Waals surface area contributed by atoms with Crippen molar-refractivity contribution in [1.29, 1.82) is 0 Å². The molecule has 0 amide bonds. The lowest BCUT2D eigenvalue weighted by atomic mass is 9.67. The number of hydrogen-bond donors (Lipinski definition) is 0. The lowest BCUT2D eigenvalue weighted by Gasteiger charge is -2.33. The molecule has 0 unspecified atom stereocenters. The fourth-order valence-corrected chi connectivity index (χ4v) is 10.7. The van der Waals surface area contributed by atoms with Crippen molar-refractivity contribution in [2.75, 3.05) is 4.90 Å². The Morgan fingerprint density at radius 1 is 0.387 bits per heavy atom. The van der Waals surface area contributed by atoms with Crippen molar-refractivity contribution in [1.82, 2.24) is 0 Å². The topological polar surface area (TPSA) is 16.4 Å². The predicted molar refractivity (Wildman–Crippen MR) is 257 cm³/mol. The second-order valence-electron chi connectivity index (χ2n) is 17.2. The van der Waals surface area contributed by atoms with Crippen LogP contribution in [0.2, 0.25) is 0 Å². The summed E-state index contributed by atoms with van der Waals surface area (Å²) >= 11 is 0. The van der Waals surface area contributed by atoms with Crippen LogP contribution >= 0.6 is 0 Å². The van der Waals surface area contributed by atoms with E-state index in [0.29, 0.717) is 0 Å². The molecule has 2 heteroatoms. The molecule has 1 aromatic heterocycles. The molecule has 12 rings (SSSR count). The molecule has 294 valence electrons. The molecule has 1 heterocycles. The molecule has 2 aliphatic rings. The first-order chi connectivity index (χ1) is 30.5. The number of para-hydroxylation sites is 1. The van der Waals surface area contributed by atoms with Crippen LogP contribution in [-0.4, -0.2) is 0 Å². The third kappa shape index (κ3) is 5.29. The molecule has 0 bridgehead atoms. The molecule has 0 saturated heterocycles. The quantitative estimate of drug-likeness (QED) is 0.160. The van der Waals surface area contributed by atoms with E-state index in [1.165, 1.54) is 55.6 Å². The fraction of sp³-hybridized carbons (Fsp3) is 0.0667. The first kappa shape index (κ1) is 36.2. The van der Waals surface area contributed by atoms with Gasteiger partial charge in [0.2, 0.25) is 0 Å². The van der Waals surface area contributed by atoms with Crippen molar-refractivity contribution in [3.63, 3.8) is 0 Å². The second kappa shape index (κ2) is 13.9. The van der Waals surface area contributed by atoms with Gasteiger partial charge in [0.05, 0.1) is 5.41 Å². The Balaban J connectivity index is 1.03. The first-order valence-electron chi connectivity index (χ1n) is 21.6. The summed E-state index contributed by atoms with van der Waals surface area (Å²) in [4.78, 5) is 2.40. The van der Waals surface area contributed by atoms with Gasteiger partial charge in [-0.25, -0.2) is 0 Å². The van der Waals surface area contributed by atoms with E-state index in [1.54, 1.807) is 0 Å². The van der Waals surface area contributed by atoms with Gasteiger partial charge >= 0.3 is 0 Å². The third-order valence-electron chi connectivity index (χ3n) is 13.6. The van der Waals surface area contributed by atoms with Gasteiger partial charge < -0.3 is 9.32 Å². The van der Waals surface area contributed by atoms with E-state index in [0.717, 1.165) is 50.5 Å². The van der Waals surface area contributed by atoms with Crippen molar-refractivity contribution >= 4 is 28.0 Å². The average molecular weight is 794 g/mol. The van der Waals surface area contributed by atoms with E-state index in [-0.39, 0.29) is 5.41 Å². The molecule has 9 aromatic carbocycles. The molecule has 0 saturated carbocycles. The number of anilines is 3. The van der Waals surface area contributed by atoms with Gasteiger partial charge in [-0.1, -0.05) is 196 Å². The maximum atomic E-state index is 6.98. The maximum Gasteiger partial charge on any atom is 0.141 e. The summed E-state index contributed by atoms with van der Waals surface area (Å²) in [7, 11) is 0. The zero-order chi connectivity index (χ0) is 41.4. The van der Waals surface area contributed by atoms with Gasteiger partial charge in [0, 0.05) is 39.0 Å². The highest BCUT2D eigenvalue weighted by Gasteiger charge is 2.50. The van der Waals surface area contributed by atoms with E-state index in [1.807, 2.05) is 0 Å². The van der Waals surface area contributed by atoms with Crippen LogP contribution in [0.5, 0.6) is 0 Å². The van der Waals surface area contributed by atoms with Crippen LogP contribution in [0.3, 0.4) is 0 Å². The summed E-state index contributed by atoms with van der Waals surface area (Å²) in [5.41, 5.74) is 19.6. The molecule has 0 spiro atoms. The highest BCUT2D eigenvalue weighted by molar-refractivity contribution is 6.02. The van der Waals surface area contributed by atoms with Crippen LogP contribution in [-0.2, 0) is 10.8 Å². The van der Waals surface area contributed by atoms with Gasteiger partial charge in [0.25, 0.3) is 0 Å². The van der Waals surface area contributed by atoms with Gasteiger partial charge in [-0.05, 0) is 104 Å². The molecule has 0 radical (unpaired) electrons. The normalized spacial score (nSPS) is 13.9. The smallest absolute Gasteiger partial charge is 0.141 e. The number of nitrogens with zero attached hydrogens (tertiary/aromatic N) is 1. The van der Waals surface area contributed by atoms with Crippen LogP contribution in [0.4, 0.5) is 17.1 Å². The minimum Gasteiger partial charge on any atom is -0.456 e. The van der Waals surface area contributed by atoms with Crippen molar-refractivity contribution in [3.8, 4) is 44.7 Å². The Bertz CT molecular complexity index is 3250. The summed E-state index contributed by atoms with van der Waals surface area (Å²) in [6, 6.07) is 81.9. The Labute approximate surface area is 363 Å². The summed E-state index contributed by atoms with van der Waals surface area (Å²) in [5, 5.41) is 1.14. The average Bonchev–Trinajstić information content (AvgIpc) is 3.94. The molecule has 0 N–H and O–H groups in total. The number of fused-ring (bicyclic) bond motifs is 8. The zero-order valence-electron chi connectivity index (χ0n) is 34.7. The number of furan rings is 1. The highest BCUT2D eigenvalue weighted by atomic mass is 16.3. The number of benzene rings is 9. The minimum absolute atomic E-state index is 0.0669. The lowest BCUT2D eigenvalue weighted by Crippen LogP contribution is -2.28. The second-order valence-corrected chi connectivity index (χ2v) is 17.2. The molecule has 2 nitrogen and oxygen atoms in total. The van der Waals surface area contributed by atoms with Crippen molar-refractivity contribution in [2.24, 2.45) is 0 Å². The monoisotopic (exact) mass is 793 g/mol. The minimum atomic E-state index is -0.570. The Morgan fingerprint density at radius 2 is 0.903 bits per heavy atom. The van der Waals surface area contributed by atoms with E-state index < -0.39 is 5.41 Å². The van der Waals surface area contributed by atoms with E-state index in [2.05, 4.69) is 243 Å². The van der Waals surface area contributed by atoms with Crippen molar-refractivity contribution in [3.05, 3.63) is 258 Å². The van der Waals surface area contributed by atoms with Crippen LogP contribution < -0.4 is 4.90 Å². The molecule has 0 atom stereocenters. The Hall–Kier alpha value is -7.68.